The van der Waals surface area contributed by atoms with E-state index in [9.17, 15) is 5.11 Å². The molecule has 0 amide bonds. The van der Waals surface area contributed by atoms with Gasteiger partial charge in [0.25, 0.3) is 0 Å². The van der Waals surface area contributed by atoms with E-state index in [4.69, 9.17) is 16.3 Å². The quantitative estimate of drug-likeness (QED) is 0.826. The van der Waals surface area contributed by atoms with E-state index in [1.165, 1.54) is 0 Å². The Hall–Kier alpha value is -1.56. The Kier molecular flexibility index (Phi) is 5.99. The molecule has 0 aliphatic carbocycles. The molecule has 0 saturated carbocycles. The molecule has 6 heteroatoms. The molecule has 0 bridgehead atoms. The molecule has 2 heterocycles. The minimum atomic E-state index is -0.512. The molecule has 1 aliphatic rings. The summed E-state index contributed by atoms with van der Waals surface area (Å²) in [5.74, 6) is 1.34. The third-order valence-electron chi connectivity index (χ3n) is 4.40. The molecule has 136 valence electrons. The van der Waals surface area contributed by atoms with Crippen molar-refractivity contribution < 1.29 is 9.84 Å². The number of aromatic nitrogens is 2. The minimum absolute atomic E-state index is 0.185. The van der Waals surface area contributed by atoms with Crippen LogP contribution < -0.4 is 4.74 Å². The van der Waals surface area contributed by atoms with Crippen molar-refractivity contribution in [2.75, 3.05) is 13.1 Å². The third-order valence-corrected chi connectivity index (χ3v) is 4.65. The molecule has 1 fully saturated rings. The molecule has 2 N–H and O–H groups in total. The number of ether oxygens (including phenoxy) is 1. The first-order valence-electron chi connectivity index (χ1n) is 8.85. The lowest BCUT2D eigenvalue weighted by Gasteiger charge is -2.35. The number of aliphatic hydroxyl groups is 1. The number of aromatic amines is 1. The molecule has 0 spiro atoms. The molecule has 2 atom stereocenters. The molecule has 1 aromatic carbocycles. The largest absolute Gasteiger partial charge is 0.488 e. The first-order chi connectivity index (χ1) is 12.0. The highest BCUT2D eigenvalue weighted by Crippen LogP contribution is 2.22. The van der Waals surface area contributed by atoms with Crippen molar-refractivity contribution in [3.05, 3.63) is 46.7 Å². The van der Waals surface area contributed by atoms with Crippen LogP contribution in [0.25, 0.3) is 0 Å². The van der Waals surface area contributed by atoms with Gasteiger partial charge in [-0.25, -0.2) is 0 Å². The Bertz CT molecular complexity index is 672. The number of rotatable bonds is 6. The summed E-state index contributed by atoms with van der Waals surface area (Å²) in [6, 6.07) is 9.39. The first-order valence-corrected chi connectivity index (χ1v) is 9.23. The zero-order valence-corrected chi connectivity index (χ0v) is 15.5. The van der Waals surface area contributed by atoms with Crippen molar-refractivity contribution in [3.8, 4) is 5.75 Å². The summed E-state index contributed by atoms with van der Waals surface area (Å²) < 4.78 is 5.91. The number of piperidine rings is 1. The maximum Gasteiger partial charge on any atom is 0.127 e. The molecule has 5 nitrogen and oxygen atoms in total. The zero-order valence-electron chi connectivity index (χ0n) is 14.8. The molecular weight excluding hydrogens is 338 g/mol. The van der Waals surface area contributed by atoms with Gasteiger partial charge in [-0.1, -0.05) is 25.4 Å². The molecule has 3 rings (SSSR count). The van der Waals surface area contributed by atoms with Gasteiger partial charge in [-0.2, -0.15) is 5.10 Å². The van der Waals surface area contributed by atoms with Crippen LogP contribution in [0.1, 0.15) is 31.7 Å². The summed E-state index contributed by atoms with van der Waals surface area (Å²) in [7, 11) is 0. The van der Waals surface area contributed by atoms with Crippen LogP contribution in [0.3, 0.4) is 0 Å². The Labute approximate surface area is 154 Å². The number of likely N-dealkylation sites (tertiary alicyclic amines) is 1. The maximum absolute atomic E-state index is 10.4. The van der Waals surface area contributed by atoms with Crippen LogP contribution in [0.4, 0.5) is 0 Å². The average Bonchev–Trinajstić information content (AvgIpc) is 2.98. The average molecular weight is 364 g/mol. The summed E-state index contributed by atoms with van der Waals surface area (Å²) in [4.78, 5) is 2.24. The summed E-state index contributed by atoms with van der Waals surface area (Å²) in [5, 5.41) is 18.6. The third kappa shape index (κ3) is 5.21. The molecule has 0 radical (unpaired) electrons. The van der Waals surface area contributed by atoms with E-state index < -0.39 is 6.10 Å². The van der Waals surface area contributed by atoms with Crippen molar-refractivity contribution in [2.24, 2.45) is 5.92 Å². The fourth-order valence-electron chi connectivity index (χ4n) is 3.20. The van der Waals surface area contributed by atoms with Crippen LogP contribution in [0.15, 0.2) is 30.3 Å². The summed E-state index contributed by atoms with van der Waals surface area (Å²) >= 11 is 5.89. The highest BCUT2D eigenvalue weighted by molar-refractivity contribution is 6.30. The van der Waals surface area contributed by atoms with Crippen LogP contribution in [-0.4, -0.2) is 45.5 Å². The van der Waals surface area contributed by atoms with Gasteiger partial charge in [-0.3, -0.25) is 10.00 Å². The standard InChI is InChI=1S/C19H26ClN3O2/c1-13(2)9-15-10-16(22-21-15)11-23-8-7-19(18(24)12-23)25-17-5-3-14(20)4-6-17/h3-6,10,13,18-19,24H,7-9,11-12H2,1-2H3,(H,21,22)/t18-,19-/m1/s1. The van der Waals surface area contributed by atoms with Crippen molar-refractivity contribution in [1.82, 2.24) is 15.1 Å². The van der Waals surface area contributed by atoms with Gasteiger partial charge < -0.3 is 9.84 Å². The Morgan fingerprint density at radius 1 is 1.36 bits per heavy atom. The lowest BCUT2D eigenvalue weighted by atomic mass is 10.0. The number of nitrogens with one attached hydrogen (secondary N) is 1. The number of aliphatic hydroxyl groups excluding tert-OH is 1. The predicted octanol–water partition coefficient (Wildman–Crippen LogP) is 3.28. The Morgan fingerprint density at radius 2 is 2.12 bits per heavy atom. The normalized spacial score (nSPS) is 21.6. The second-order valence-electron chi connectivity index (χ2n) is 7.18. The number of benzene rings is 1. The molecule has 0 unspecified atom stereocenters. The molecule has 2 aromatic rings. The van der Waals surface area contributed by atoms with E-state index in [-0.39, 0.29) is 6.10 Å². The van der Waals surface area contributed by atoms with Gasteiger partial charge >= 0.3 is 0 Å². The van der Waals surface area contributed by atoms with E-state index in [2.05, 4.69) is 35.0 Å². The number of hydrogen-bond acceptors (Lipinski definition) is 4. The number of nitrogens with zero attached hydrogens (tertiary/aromatic N) is 2. The van der Waals surface area contributed by atoms with Crippen molar-refractivity contribution in [2.45, 2.75) is 45.4 Å². The summed E-state index contributed by atoms with van der Waals surface area (Å²) in [6.45, 7) is 6.63. The van der Waals surface area contributed by atoms with Crippen LogP contribution in [0, 0.1) is 5.92 Å². The van der Waals surface area contributed by atoms with Gasteiger partial charge in [0.05, 0.1) is 5.69 Å². The van der Waals surface area contributed by atoms with E-state index in [0.717, 1.165) is 43.1 Å². The second-order valence-corrected chi connectivity index (χ2v) is 7.62. The molecule has 1 saturated heterocycles. The monoisotopic (exact) mass is 363 g/mol. The molecular formula is C19H26ClN3O2. The predicted molar refractivity (Wildman–Crippen MR) is 98.9 cm³/mol. The van der Waals surface area contributed by atoms with Gasteiger partial charge in [0.15, 0.2) is 0 Å². The van der Waals surface area contributed by atoms with E-state index in [1.54, 1.807) is 12.1 Å². The number of hydrogen-bond donors (Lipinski definition) is 2. The Morgan fingerprint density at radius 3 is 2.80 bits per heavy atom. The molecule has 1 aliphatic heterocycles. The van der Waals surface area contributed by atoms with Crippen molar-refractivity contribution in [1.29, 1.82) is 0 Å². The number of H-pyrrole nitrogens is 1. The Balaban J connectivity index is 1.51. The van der Waals surface area contributed by atoms with Crippen molar-refractivity contribution >= 4 is 11.6 Å². The van der Waals surface area contributed by atoms with Crippen LogP contribution in [0.2, 0.25) is 5.02 Å². The van der Waals surface area contributed by atoms with E-state index in [0.29, 0.717) is 17.5 Å². The van der Waals surface area contributed by atoms with Gasteiger partial charge in [0.2, 0.25) is 0 Å². The van der Waals surface area contributed by atoms with Crippen LogP contribution in [-0.2, 0) is 13.0 Å². The fourth-order valence-corrected chi connectivity index (χ4v) is 3.32. The molecule has 25 heavy (non-hydrogen) atoms. The van der Waals surface area contributed by atoms with Crippen molar-refractivity contribution in [3.63, 3.8) is 0 Å². The fraction of sp³-hybridized carbons (Fsp3) is 0.526. The van der Waals surface area contributed by atoms with Gasteiger partial charge in [-0.05, 0) is 49.1 Å². The summed E-state index contributed by atoms with van der Waals surface area (Å²) in [6.07, 6.45) is 1.07. The minimum Gasteiger partial charge on any atom is -0.488 e. The van der Waals surface area contributed by atoms with Gasteiger partial charge in [0, 0.05) is 30.4 Å². The van der Waals surface area contributed by atoms with E-state index >= 15 is 0 Å². The first kappa shape index (κ1) is 18.2. The summed E-state index contributed by atoms with van der Waals surface area (Å²) in [5.41, 5.74) is 2.20. The van der Waals surface area contributed by atoms with E-state index in [1.807, 2.05) is 12.1 Å². The SMILES string of the molecule is CC(C)Cc1cc(CN2CC[C@@H](Oc3ccc(Cl)cc3)[C@H](O)C2)[nH]n1. The smallest absolute Gasteiger partial charge is 0.127 e. The maximum atomic E-state index is 10.4. The van der Waals surface area contributed by atoms with Crippen LogP contribution >= 0.6 is 11.6 Å². The lowest BCUT2D eigenvalue weighted by Crippen LogP contribution is -2.48. The topological polar surface area (TPSA) is 61.4 Å². The number of β-amino-alcohol motifs (C(OH)–C–C–N with tert-alkyl or cyclic N) is 1. The highest BCUT2D eigenvalue weighted by Gasteiger charge is 2.29. The second kappa shape index (κ2) is 8.21. The number of halogens is 1. The lowest BCUT2D eigenvalue weighted by molar-refractivity contribution is -0.0277. The van der Waals surface area contributed by atoms with Gasteiger partial charge in [0.1, 0.15) is 18.0 Å². The highest BCUT2D eigenvalue weighted by atomic mass is 35.5. The molecule has 1 aromatic heterocycles. The zero-order chi connectivity index (χ0) is 17.8. The van der Waals surface area contributed by atoms with Crippen LogP contribution in [0.5, 0.6) is 5.75 Å². The van der Waals surface area contributed by atoms with Gasteiger partial charge in [-0.15, -0.1) is 0 Å².